The molecular weight excluding hydrogens is 240 g/mol. The van der Waals surface area contributed by atoms with Crippen molar-refractivity contribution in [3.05, 3.63) is 36.7 Å². The second-order valence-electron chi connectivity index (χ2n) is 5.03. The number of fused-ring (bicyclic) bond motifs is 1. The Hall–Kier alpha value is -2.10. The van der Waals surface area contributed by atoms with Crippen molar-refractivity contribution >= 4 is 22.4 Å². The van der Waals surface area contributed by atoms with E-state index in [9.17, 15) is 4.79 Å². The Kier molecular flexibility index (Phi) is 3.07. The van der Waals surface area contributed by atoms with E-state index < -0.39 is 5.97 Å². The number of benzene rings is 1. The molecule has 0 bridgehead atoms. The first kappa shape index (κ1) is 12.0. The van der Waals surface area contributed by atoms with Crippen LogP contribution < -0.4 is 4.90 Å². The molecule has 4 heteroatoms. The second-order valence-corrected chi connectivity index (χ2v) is 5.03. The zero-order chi connectivity index (χ0) is 13.2. The number of carboxylic acids is 1. The van der Waals surface area contributed by atoms with Gasteiger partial charge in [-0.1, -0.05) is 6.07 Å². The number of hydrogen-bond acceptors (Lipinski definition) is 3. The third-order valence-electron chi connectivity index (χ3n) is 3.76. The van der Waals surface area contributed by atoms with E-state index in [0.29, 0.717) is 6.54 Å². The molecule has 4 nitrogen and oxygen atoms in total. The van der Waals surface area contributed by atoms with Gasteiger partial charge in [0.25, 0.3) is 0 Å². The zero-order valence-corrected chi connectivity index (χ0v) is 10.6. The highest BCUT2D eigenvalue weighted by Gasteiger charge is 2.25. The molecular formula is C15H16N2O2. The summed E-state index contributed by atoms with van der Waals surface area (Å²) in [5.41, 5.74) is 1.10. The molecule has 2 aromatic rings. The molecule has 0 radical (unpaired) electrons. The number of rotatable bonds is 2. The molecule has 1 aromatic carbocycles. The molecule has 1 aliphatic rings. The van der Waals surface area contributed by atoms with Gasteiger partial charge < -0.3 is 10.0 Å². The zero-order valence-electron chi connectivity index (χ0n) is 10.6. The van der Waals surface area contributed by atoms with Crippen molar-refractivity contribution in [3.63, 3.8) is 0 Å². The van der Waals surface area contributed by atoms with Gasteiger partial charge in [0, 0.05) is 36.6 Å². The second kappa shape index (κ2) is 4.88. The third-order valence-corrected chi connectivity index (χ3v) is 3.76. The highest BCUT2D eigenvalue weighted by atomic mass is 16.4. The van der Waals surface area contributed by atoms with Gasteiger partial charge in [-0.2, -0.15) is 0 Å². The Morgan fingerprint density at radius 1 is 1.32 bits per heavy atom. The summed E-state index contributed by atoms with van der Waals surface area (Å²) in [7, 11) is 0. The number of piperidine rings is 1. The Bertz CT molecular complexity index is 612. The first-order chi connectivity index (χ1) is 9.24. The predicted octanol–water partition coefficient (Wildman–Crippen LogP) is 2.54. The highest BCUT2D eigenvalue weighted by molar-refractivity contribution is 5.85. The fourth-order valence-electron chi connectivity index (χ4n) is 2.68. The minimum atomic E-state index is -0.685. The molecule has 3 rings (SSSR count). The largest absolute Gasteiger partial charge is 0.481 e. The minimum Gasteiger partial charge on any atom is -0.481 e. The number of aromatic nitrogens is 1. The van der Waals surface area contributed by atoms with Crippen molar-refractivity contribution < 1.29 is 9.90 Å². The average molecular weight is 256 g/mol. The van der Waals surface area contributed by atoms with Crippen LogP contribution >= 0.6 is 0 Å². The van der Waals surface area contributed by atoms with Gasteiger partial charge >= 0.3 is 5.97 Å². The van der Waals surface area contributed by atoms with Crippen LogP contribution in [0.4, 0.5) is 5.69 Å². The summed E-state index contributed by atoms with van der Waals surface area (Å²) in [5, 5.41) is 11.4. The molecule has 2 heterocycles. The summed E-state index contributed by atoms with van der Waals surface area (Å²) < 4.78 is 0. The minimum absolute atomic E-state index is 0.248. The summed E-state index contributed by atoms with van der Waals surface area (Å²) in [6.45, 7) is 1.53. The molecule has 1 fully saturated rings. The normalized spacial score (nSPS) is 19.6. The Morgan fingerprint density at radius 2 is 2.21 bits per heavy atom. The van der Waals surface area contributed by atoms with Crippen molar-refractivity contribution in [1.82, 2.24) is 4.98 Å². The lowest BCUT2D eigenvalue weighted by Crippen LogP contribution is -2.38. The van der Waals surface area contributed by atoms with Crippen LogP contribution in [0, 0.1) is 5.92 Å². The smallest absolute Gasteiger partial charge is 0.308 e. The molecule has 0 aliphatic carbocycles. The first-order valence-electron chi connectivity index (χ1n) is 6.55. The highest BCUT2D eigenvalue weighted by Crippen LogP contribution is 2.26. The standard InChI is InChI=1S/C15H16N2O2/c18-15(19)13-2-1-7-17(10-13)14-4-3-12-9-16-6-5-11(12)8-14/h3-6,8-9,13H,1-2,7,10H2,(H,18,19). The van der Waals surface area contributed by atoms with Gasteiger partial charge in [0.15, 0.2) is 0 Å². The number of carboxylic acid groups (broad SMARTS) is 1. The van der Waals surface area contributed by atoms with Crippen LogP contribution in [0.25, 0.3) is 10.8 Å². The number of carbonyl (C=O) groups is 1. The quantitative estimate of drug-likeness (QED) is 0.897. The average Bonchev–Trinajstić information content (AvgIpc) is 2.47. The van der Waals surface area contributed by atoms with E-state index in [4.69, 9.17) is 5.11 Å². The lowest BCUT2D eigenvalue weighted by molar-refractivity contribution is -0.141. The molecule has 0 spiro atoms. The van der Waals surface area contributed by atoms with E-state index in [1.165, 1.54) is 0 Å². The van der Waals surface area contributed by atoms with Gasteiger partial charge in [0.2, 0.25) is 0 Å². The third kappa shape index (κ3) is 2.38. The molecule has 1 aromatic heterocycles. The fraction of sp³-hybridized carbons (Fsp3) is 0.333. The van der Waals surface area contributed by atoms with Gasteiger partial charge in [-0.3, -0.25) is 9.78 Å². The molecule has 1 unspecified atom stereocenters. The summed E-state index contributed by atoms with van der Waals surface area (Å²) in [5.74, 6) is -0.934. The van der Waals surface area contributed by atoms with E-state index in [1.807, 2.05) is 24.4 Å². The van der Waals surface area contributed by atoms with Crippen molar-refractivity contribution in [3.8, 4) is 0 Å². The fourth-order valence-corrected chi connectivity index (χ4v) is 2.68. The van der Waals surface area contributed by atoms with Gasteiger partial charge in [-0.25, -0.2) is 0 Å². The number of anilines is 1. The molecule has 98 valence electrons. The van der Waals surface area contributed by atoms with Crippen LogP contribution in [0.2, 0.25) is 0 Å². The van der Waals surface area contributed by atoms with E-state index in [-0.39, 0.29) is 5.92 Å². The van der Waals surface area contributed by atoms with Crippen LogP contribution in [-0.2, 0) is 4.79 Å². The maximum absolute atomic E-state index is 11.1. The van der Waals surface area contributed by atoms with Gasteiger partial charge in [0.05, 0.1) is 5.92 Å². The van der Waals surface area contributed by atoms with Crippen LogP contribution in [-0.4, -0.2) is 29.1 Å². The maximum Gasteiger partial charge on any atom is 0.308 e. The lowest BCUT2D eigenvalue weighted by Gasteiger charge is -2.32. The van der Waals surface area contributed by atoms with Crippen molar-refractivity contribution in [2.45, 2.75) is 12.8 Å². The molecule has 0 saturated carbocycles. The number of hydrogen-bond donors (Lipinski definition) is 1. The van der Waals surface area contributed by atoms with Gasteiger partial charge in [-0.05, 0) is 36.4 Å². The maximum atomic E-state index is 11.1. The van der Waals surface area contributed by atoms with Crippen molar-refractivity contribution in [1.29, 1.82) is 0 Å². The SMILES string of the molecule is O=C(O)C1CCCN(c2ccc3cnccc3c2)C1. The molecule has 19 heavy (non-hydrogen) atoms. The van der Waals surface area contributed by atoms with Crippen LogP contribution in [0.5, 0.6) is 0 Å². The Labute approximate surface area is 111 Å². The molecule has 1 aliphatic heterocycles. The molecule has 1 saturated heterocycles. The molecule has 1 atom stereocenters. The predicted molar refractivity (Wildman–Crippen MR) is 74.3 cm³/mol. The van der Waals surface area contributed by atoms with Crippen molar-refractivity contribution in [2.24, 2.45) is 5.92 Å². The van der Waals surface area contributed by atoms with Gasteiger partial charge in [-0.15, -0.1) is 0 Å². The Balaban J connectivity index is 1.89. The van der Waals surface area contributed by atoms with E-state index in [1.54, 1.807) is 6.20 Å². The van der Waals surface area contributed by atoms with Crippen LogP contribution in [0.15, 0.2) is 36.7 Å². The monoisotopic (exact) mass is 256 g/mol. The summed E-state index contributed by atoms with van der Waals surface area (Å²) in [6, 6.07) is 8.19. The summed E-state index contributed by atoms with van der Waals surface area (Å²) >= 11 is 0. The Morgan fingerprint density at radius 3 is 3.05 bits per heavy atom. The van der Waals surface area contributed by atoms with E-state index >= 15 is 0 Å². The number of nitrogens with zero attached hydrogens (tertiary/aromatic N) is 2. The molecule has 1 N–H and O–H groups in total. The van der Waals surface area contributed by atoms with Crippen molar-refractivity contribution in [2.75, 3.05) is 18.0 Å². The van der Waals surface area contributed by atoms with E-state index in [2.05, 4.69) is 16.0 Å². The van der Waals surface area contributed by atoms with E-state index in [0.717, 1.165) is 35.8 Å². The van der Waals surface area contributed by atoms with Crippen LogP contribution in [0.1, 0.15) is 12.8 Å². The first-order valence-corrected chi connectivity index (χ1v) is 6.55. The lowest BCUT2D eigenvalue weighted by atomic mass is 9.97. The number of pyridine rings is 1. The summed E-state index contributed by atoms with van der Waals surface area (Å²) in [6.07, 6.45) is 5.34. The van der Waals surface area contributed by atoms with Crippen LogP contribution in [0.3, 0.4) is 0 Å². The van der Waals surface area contributed by atoms with Gasteiger partial charge in [0.1, 0.15) is 0 Å². The summed E-state index contributed by atoms with van der Waals surface area (Å²) in [4.78, 5) is 17.4. The topological polar surface area (TPSA) is 53.4 Å². The number of aliphatic carboxylic acids is 1. The molecule has 0 amide bonds.